The average molecular weight is 345 g/mol. The lowest BCUT2D eigenvalue weighted by atomic mass is 10.2. The SMILES string of the molecule is CC(C)(C)OC(=O)N(CCOc1ccc(F)cc1)Cc1ccccc1. The van der Waals surface area contributed by atoms with E-state index in [4.69, 9.17) is 9.47 Å². The first kappa shape index (κ1) is 18.8. The number of benzene rings is 2. The minimum atomic E-state index is -0.566. The number of hydrogen-bond acceptors (Lipinski definition) is 3. The topological polar surface area (TPSA) is 38.8 Å². The van der Waals surface area contributed by atoms with Gasteiger partial charge in [0.2, 0.25) is 0 Å². The maximum atomic E-state index is 12.9. The molecule has 0 unspecified atom stereocenters. The summed E-state index contributed by atoms with van der Waals surface area (Å²) in [5.41, 5.74) is 0.444. The number of carbonyl (C=O) groups is 1. The highest BCUT2D eigenvalue weighted by Gasteiger charge is 2.22. The molecule has 25 heavy (non-hydrogen) atoms. The van der Waals surface area contributed by atoms with E-state index >= 15 is 0 Å². The number of rotatable bonds is 6. The number of ether oxygens (including phenoxy) is 2. The summed E-state index contributed by atoms with van der Waals surface area (Å²) in [5.74, 6) is 0.247. The Morgan fingerprint density at radius 2 is 1.68 bits per heavy atom. The predicted molar refractivity (Wildman–Crippen MR) is 95.0 cm³/mol. The number of nitrogens with zero attached hydrogens (tertiary/aromatic N) is 1. The molecule has 0 saturated heterocycles. The predicted octanol–water partition coefficient (Wildman–Crippen LogP) is 4.64. The van der Waals surface area contributed by atoms with Gasteiger partial charge in [-0.1, -0.05) is 30.3 Å². The molecule has 2 rings (SSSR count). The lowest BCUT2D eigenvalue weighted by Crippen LogP contribution is -2.38. The van der Waals surface area contributed by atoms with Crippen molar-refractivity contribution in [2.24, 2.45) is 0 Å². The van der Waals surface area contributed by atoms with Crippen molar-refractivity contribution in [2.75, 3.05) is 13.2 Å². The fraction of sp³-hybridized carbons (Fsp3) is 0.350. The molecular formula is C20H24FNO3. The first-order valence-corrected chi connectivity index (χ1v) is 8.24. The Bertz CT molecular complexity index is 666. The molecule has 0 heterocycles. The molecule has 0 aliphatic carbocycles. The third kappa shape index (κ3) is 6.83. The van der Waals surface area contributed by atoms with Crippen molar-refractivity contribution in [3.05, 3.63) is 66.0 Å². The van der Waals surface area contributed by atoms with E-state index in [0.29, 0.717) is 18.8 Å². The largest absolute Gasteiger partial charge is 0.492 e. The van der Waals surface area contributed by atoms with Gasteiger partial charge in [0.05, 0.1) is 6.54 Å². The number of carbonyl (C=O) groups excluding carboxylic acids is 1. The van der Waals surface area contributed by atoms with Gasteiger partial charge in [-0.2, -0.15) is 0 Å². The fourth-order valence-electron chi connectivity index (χ4n) is 2.17. The van der Waals surface area contributed by atoms with Crippen molar-refractivity contribution in [3.8, 4) is 5.75 Å². The van der Waals surface area contributed by atoms with Gasteiger partial charge in [-0.3, -0.25) is 0 Å². The molecule has 0 aliphatic heterocycles. The summed E-state index contributed by atoms with van der Waals surface area (Å²) in [6.45, 7) is 6.59. The van der Waals surface area contributed by atoms with Gasteiger partial charge < -0.3 is 14.4 Å². The maximum absolute atomic E-state index is 12.9. The highest BCUT2D eigenvalue weighted by molar-refractivity contribution is 5.68. The second kappa shape index (κ2) is 8.51. The summed E-state index contributed by atoms with van der Waals surface area (Å²) >= 11 is 0. The molecule has 2 aromatic rings. The van der Waals surface area contributed by atoms with Crippen LogP contribution in [0.1, 0.15) is 26.3 Å². The van der Waals surface area contributed by atoms with Crippen LogP contribution in [0.5, 0.6) is 5.75 Å². The van der Waals surface area contributed by atoms with Crippen molar-refractivity contribution in [1.29, 1.82) is 0 Å². The zero-order chi connectivity index (χ0) is 18.3. The number of hydrogen-bond donors (Lipinski definition) is 0. The lowest BCUT2D eigenvalue weighted by Gasteiger charge is -2.27. The molecule has 0 aliphatic rings. The summed E-state index contributed by atoms with van der Waals surface area (Å²) in [7, 11) is 0. The maximum Gasteiger partial charge on any atom is 0.410 e. The molecule has 0 N–H and O–H groups in total. The minimum absolute atomic E-state index is 0.289. The van der Waals surface area contributed by atoms with Crippen LogP contribution < -0.4 is 4.74 Å². The van der Waals surface area contributed by atoms with Gasteiger partial charge in [0.25, 0.3) is 0 Å². The van der Waals surface area contributed by atoms with E-state index in [1.54, 1.807) is 17.0 Å². The van der Waals surface area contributed by atoms with E-state index < -0.39 is 5.60 Å². The molecule has 0 spiro atoms. The molecule has 0 atom stereocenters. The molecular weight excluding hydrogens is 321 g/mol. The first-order valence-electron chi connectivity index (χ1n) is 8.24. The van der Waals surface area contributed by atoms with Gasteiger partial charge in [-0.15, -0.1) is 0 Å². The standard InChI is InChI=1S/C20H24FNO3/c1-20(2,3)25-19(23)22(15-16-7-5-4-6-8-16)13-14-24-18-11-9-17(21)10-12-18/h4-12H,13-15H2,1-3H3. The molecule has 134 valence electrons. The van der Waals surface area contributed by atoms with Crippen LogP contribution in [0.15, 0.2) is 54.6 Å². The normalized spacial score (nSPS) is 11.0. The zero-order valence-corrected chi connectivity index (χ0v) is 14.9. The smallest absolute Gasteiger partial charge is 0.410 e. The average Bonchev–Trinajstić information content (AvgIpc) is 2.55. The third-order valence-electron chi connectivity index (χ3n) is 3.31. The number of halogens is 1. The van der Waals surface area contributed by atoms with Crippen LogP contribution in [0.4, 0.5) is 9.18 Å². The van der Waals surface area contributed by atoms with E-state index in [-0.39, 0.29) is 18.5 Å². The van der Waals surface area contributed by atoms with Crippen molar-refractivity contribution >= 4 is 6.09 Å². The fourth-order valence-corrected chi connectivity index (χ4v) is 2.17. The third-order valence-corrected chi connectivity index (χ3v) is 3.31. The van der Waals surface area contributed by atoms with E-state index in [9.17, 15) is 9.18 Å². The Balaban J connectivity index is 1.97. The first-order chi connectivity index (χ1) is 11.8. The van der Waals surface area contributed by atoms with Crippen molar-refractivity contribution < 1.29 is 18.7 Å². The molecule has 0 bridgehead atoms. The highest BCUT2D eigenvalue weighted by Crippen LogP contribution is 2.14. The van der Waals surface area contributed by atoms with Gasteiger partial charge in [-0.05, 0) is 50.6 Å². The Kier molecular flexibility index (Phi) is 6.39. The second-order valence-electron chi connectivity index (χ2n) is 6.69. The molecule has 1 amide bonds. The quantitative estimate of drug-likeness (QED) is 0.765. The van der Waals surface area contributed by atoms with E-state index in [2.05, 4.69) is 0 Å². The van der Waals surface area contributed by atoms with E-state index in [1.165, 1.54) is 12.1 Å². The van der Waals surface area contributed by atoms with Gasteiger partial charge >= 0.3 is 6.09 Å². The van der Waals surface area contributed by atoms with Gasteiger partial charge in [-0.25, -0.2) is 9.18 Å². The van der Waals surface area contributed by atoms with Crippen molar-refractivity contribution in [3.63, 3.8) is 0 Å². The molecule has 0 saturated carbocycles. The summed E-state index contributed by atoms with van der Waals surface area (Å²) in [4.78, 5) is 14.1. The molecule has 5 heteroatoms. The van der Waals surface area contributed by atoms with Crippen LogP contribution in [-0.2, 0) is 11.3 Å². The molecule has 0 radical (unpaired) electrons. The van der Waals surface area contributed by atoms with Gasteiger partial charge in [0, 0.05) is 6.54 Å². The Morgan fingerprint density at radius 3 is 2.28 bits per heavy atom. The molecule has 4 nitrogen and oxygen atoms in total. The van der Waals surface area contributed by atoms with Gasteiger partial charge in [0.15, 0.2) is 0 Å². The van der Waals surface area contributed by atoms with Crippen LogP contribution in [0, 0.1) is 5.82 Å². The minimum Gasteiger partial charge on any atom is -0.492 e. The highest BCUT2D eigenvalue weighted by atomic mass is 19.1. The monoisotopic (exact) mass is 345 g/mol. The Hall–Kier alpha value is -2.56. The van der Waals surface area contributed by atoms with Crippen molar-refractivity contribution in [1.82, 2.24) is 4.90 Å². The van der Waals surface area contributed by atoms with Crippen molar-refractivity contribution in [2.45, 2.75) is 32.9 Å². The van der Waals surface area contributed by atoms with Crippen LogP contribution in [0.25, 0.3) is 0 Å². The van der Waals surface area contributed by atoms with E-state index in [1.807, 2.05) is 51.1 Å². The summed E-state index contributed by atoms with van der Waals surface area (Å²) in [6, 6.07) is 15.5. The number of amides is 1. The van der Waals surface area contributed by atoms with Crippen LogP contribution in [-0.4, -0.2) is 29.7 Å². The lowest BCUT2D eigenvalue weighted by molar-refractivity contribution is 0.0209. The van der Waals surface area contributed by atoms with Crippen LogP contribution >= 0.6 is 0 Å². The van der Waals surface area contributed by atoms with Gasteiger partial charge in [0.1, 0.15) is 23.8 Å². The Labute approximate surface area is 148 Å². The summed E-state index contributed by atoms with van der Waals surface area (Å²) < 4.78 is 24.0. The van der Waals surface area contributed by atoms with Crippen LogP contribution in [0.2, 0.25) is 0 Å². The molecule has 0 fully saturated rings. The molecule has 0 aromatic heterocycles. The molecule has 2 aromatic carbocycles. The Morgan fingerprint density at radius 1 is 1.04 bits per heavy atom. The summed E-state index contributed by atoms with van der Waals surface area (Å²) in [6.07, 6.45) is -0.390. The second-order valence-corrected chi connectivity index (χ2v) is 6.69. The summed E-state index contributed by atoms with van der Waals surface area (Å²) in [5, 5.41) is 0. The zero-order valence-electron chi connectivity index (χ0n) is 14.9. The van der Waals surface area contributed by atoms with E-state index in [0.717, 1.165) is 5.56 Å². The van der Waals surface area contributed by atoms with Crippen LogP contribution in [0.3, 0.4) is 0 Å².